The summed E-state index contributed by atoms with van der Waals surface area (Å²) in [6.07, 6.45) is 0.153. The van der Waals surface area contributed by atoms with Crippen LogP contribution >= 0.6 is 0 Å². The maximum absolute atomic E-state index is 12.5. The Morgan fingerprint density at radius 1 is 1.22 bits per heavy atom. The summed E-state index contributed by atoms with van der Waals surface area (Å²) in [6, 6.07) is 9.01. The number of rotatable bonds is 6. The van der Waals surface area contributed by atoms with Crippen LogP contribution in [0.5, 0.6) is 0 Å². The molecule has 0 saturated carbocycles. The van der Waals surface area contributed by atoms with E-state index in [0.29, 0.717) is 23.7 Å². The molecule has 0 atom stereocenters. The van der Waals surface area contributed by atoms with Gasteiger partial charge in [-0.05, 0) is 37.6 Å². The normalized spacial score (nSPS) is 11.1. The molecule has 0 amide bonds. The molecule has 6 heteroatoms. The summed E-state index contributed by atoms with van der Waals surface area (Å²) >= 11 is 0. The monoisotopic (exact) mass is 370 g/mol. The Hall–Kier alpha value is -2.89. The first-order valence-electron chi connectivity index (χ1n) is 8.85. The highest BCUT2D eigenvalue weighted by molar-refractivity contribution is 5.89. The molecule has 0 N–H and O–H groups in total. The first-order valence-corrected chi connectivity index (χ1v) is 8.85. The number of carbonyl (C=O) groups is 2. The molecule has 1 aromatic carbocycles. The van der Waals surface area contributed by atoms with Gasteiger partial charge in [0.25, 0.3) is 0 Å². The molecule has 0 saturated heterocycles. The van der Waals surface area contributed by atoms with Crippen LogP contribution in [-0.4, -0.2) is 28.3 Å². The van der Waals surface area contributed by atoms with Crippen LogP contribution < -0.4 is 0 Å². The number of ether oxygens (including phenoxy) is 2. The number of carbonyl (C=O) groups excluding carboxylic acids is 2. The minimum atomic E-state index is -0.527. The molecule has 0 unspecified atom stereocenters. The van der Waals surface area contributed by atoms with Gasteiger partial charge in [0.1, 0.15) is 0 Å². The predicted molar refractivity (Wildman–Crippen MR) is 103 cm³/mol. The van der Waals surface area contributed by atoms with Gasteiger partial charge < -0.3 is 9.47 Å². The molecule has 0 radical (unpaired) electrons. The molecule has 0 fully saturated rings. The van der Waals surface area contributed by atoms with Crippen LogP contribution in [0.4, 0.5) is 0 Å². The summed E-state index contributed by atoms with van der Waals surface area (Å²) in [6.45, 7) is 13.4. The Morgan fingerprint density at radius 3 is 2.52 bits per heavy atom. The Bertz CT molecular complexity index is 859. The van der Waals surface area contributed by atoms with Gasteiger partial charge >= 0.3 is 11.9 Å². The van der Waals surface area contributed by atoms with E-state index >= 15 is 0 Å². The lowest BCUT2D eigenvalue weighted by Gasteiger charge is -2.14. The van der Waals surface area contributed by atoms with Crippen molar-refractivity contribution < 1.29 is 19.1 Å². The Kier molecular flexibility index (Phi) is 6.20. The first kappa shape index (κ1) is 20.4. The lowest BCUT2D eigenvalue weighted by Crippen LogP contribution is -2.13. The second-order valence-electron chi connectivity index (χ2n) is 7.32. The average Bonchev–Trinajstić information content (AvgIpc) is 3.00. The maximum atomic E-state index is 12.5. The summed E-state index contributed by atoms with van der Waals surface area (Å²) in [5.74, 6) is -0.519. The van der Waals surface area contributed by atoms with Crippen molar-refractivity contribution in [3.05, 3.63) is 59.6 Å². The highest BCUT2D eigenvalue weighted by Crippen LogP contribution is 2.25. The fourth-order valence-electron chi connectivity index (χ4n) is 2.48. The SMILES string of the molecule is C=C(C)OC(=O)c1cc(C(C)(C)C)nn1-c1cccc(CC(=O)OCC)c1. The molecule has 6 nitrogen and oxygen atoms in total. The lowest BCUT2D eigenvalue weighted by molar-refractivity contribution is -0.142. The molecule has 1 aromatic heterocycles. The van der Waals surface area contributed by atoms with E-state index in [1.807, 2.05) is 45.0 Å². The van der Waals surface area contributed by atoms with Crippen molar-refractivity contribution in [2.75, 3.05) is 6.61 Å². The summed E-state index contributed by atoms with van der Waals surface area (Å²) in [7, 11) is 0. The van der Waals surface area contributed by atoms with Gasteiger partial charge in [-0.15, -0.1) is 0 Å². The van der Waals surface area contributed by atoms with Gasteiger partial charge in [-0.25, -0.2) is 9.48 Å². The highest BCUT2D eigenvalue weighted by Gasteiger charge is 2.24. The Morgan fingerprint density at radius 2 is 1.93 bits per heavy atom. The standard InChI is InChI=1S/C21H26N2O4/c1-7-26-19(24)12-15-9-8-10-16(11-15)23-17(20(25)27-14(2)3)13-18(22-23)21(4,5)6/h8-11,13H,2,7,12H2,1,3-6H3. The molecule has 0 aliphatic carbocycles. The van der Waals surface area contributed by atoms with Gasteiger partial charge in [-0.2, -0.15) is 5.10 Å². The number of aromatic nitrogens is 2. The fourth-order valence-corrected chi connectivity index (χ4v) is 2.48. The van der Waals surface area contributed by atoms with Gasteiger partial charge in [-0.3, -0.25) is 4.79 Å². The van der Waals surface area contributed by atoms with E-state index in [-0.39, 0.29) is 17.8 Å². The van der Waals surface area contributed by atoms with Gasteiger partial charge in [0.15, 0.2) is 5.69 Å². The number of benzene rings is 1. The molecule has 0 bridgehead atoms. The van der Waals surface area contributed by atoms with E-state index in [4.69, 9.17) is 9.47 Å². The third-order valence-electron chi connectivity index (χ3n) is 3.76. The number of nitrogens with zero attached hydrogens (tertiary/aromatic N) is 2. The zero-order valence-electron chi connectivity index (χ0n) is 16.5. The van der Waals surface area contributed by atoms with Gasteiger partial charge in [0, 0.05) is 5.41 Å². The van der Waals surface area contributed by atoms with Crippen LogP contribution in [0.15, 0.2) is 42.7 Å². The van der Waals surface area contributed by atoms with E-state index in [1.165, 1.54) is 0 Å². The minimum Gasteiger partial charge on any atom is -0.466 e. The number of esters is 2. The van der Waals surface area contributed by atoms with Crippen molar-refractivity contribution in [3.63, 3.8) is 0 Å². The van der Waals surface area contributed by atoms with Gasteiger partial charge in [0.2, 0.25) is 0 Å². The molecule has 27 heavy (non-hydrogen) atoms. The molecule has 144 valence electrons. The molecule has 2 rings (SSSR count). The molecule has 1 heterocycles. The van der Waals surface area contributed by atoms with Crippen LogP contribution in [0.1, 0.15) is 56.4 Å². The summed E-state index contributed by atoms with van der Waals surface area (Å²) in [5, 5.41) is 4.61. The average molecular weight is 370 g/mol. The van der Waals surface area contributed by atoms with E-state index in [9.17, 15) is 9.59 Å². The van der Waals surface area contributed by atoms with Crippen LogP contribution in [0.3, 0.4) is 0 Å². The highest BCUT2D eigenvalue weighted by atomic mass is 16.5. The maximum Gasteiger partial charge on any atom is 0.362 e. The van der Waals surface area contributed by atoms with Crippen molar-refractivity contribution in [2.24, 2.45) is 0 Å². The molecule has 2 aromatic rings. The van der Waals surface area contributed by atoms with Gasteiger partial charge in [-0.1, -0.05) is 39.5 Å². The Balaban J connectivity index is 2.47. The van der Waals surface area contributed by atoms with Crippen LogP contribution in [0, 0.1) is 0 Å². The second kappa shape index (κ2) is 8.20. The van der Waals surface area contributed by atoms with E-state index < -0.39 is 5.97 Å². The lowest BCUT2D eigenvalue weighted by atomic mass is 9.92. The topological polar surface area (TPSA) is 70.4 Å². The number of hydrogen-bond donors (Lipinski definition) is 0. The minimum absolute atomic E-state index is 0.153. The predicted octanol–water partition coefficient (Wildman–Crippen LogP) is 3.97. The zero-order valence-corrected chi connectivity index (χ0v) is 16.5. The largest absolute Gasteiger partial charge is 0.466 e. The van der Waals surface area contributed by atoms with E-state index in [1.54, 1.807) is 24.6 Å². The van der Waals surface area contributed by atoms with Crippen molar-refractivity contribution in [2.45, 2.75) is 46.5 Å². The molecular formula is C21H26N2O4. The first-order chi connectivity index (χ1) is 12.6. The van der Waals surface area contributed by atoms with Crippen molar-refractivity contribution in [1.82, 2.24) is 9.78 Å². The quantitative estimate of drug-likeness (QED) is 0.568. The fraction of sp³-hybridized carbons (Fsp3) is 0.381. The molecular weight excluding hydrogens is 344 g/mol. The van der Waals surface area contributed by atoms with Crippen molar-refractivity contribution in [3.8, 4) is 5.69 Å². The number of allylic oxidation sites excluding steroid dienone is 1. The summed E-state index contributed by atoms with van der Waals surface area (Å²) in [4.78, 5) is 24.3. The summed E-state index contributed by atoms with van der Waals surface area (Å²) in [5.41, 5.74) is 2.26. The Labute approximate surface area is 159 Å². The van der Waals surface area contributed by atoms with Crippen molar-refractivity contribution >= 4 is 11.9 Å². The smallest absolute Gasteiger partial charge is 0.362 e. The van der Waals surface area contributed by atoms with Crippen molar-refractivity contribution in [1.29, 1.82) is 0 Å². The second-order valence-corrected chi connectivity index (χ2v) is 7.32. The van der Waals surface area contributed by atoms with E-state index in [2.05, 4.69) is 11.7 Å². The third kappa shape index (κ3) is 5.29. The van der Waals surface area contributed by atoms with Crippen LogP contribution in [0.2, 0.25) is 0 Å². The molecule has 0 aliphatic heterocycles. The number of hydrogen-bond acceptors (Lipinski definition) is 5. The zero-order chi connectivity index (χ0) is 20.2. The van der Waals surface area contributed by atoms with Gasteiger partial charge in [0.05, 0.1) is 30.2 Å². The molecule has 0 spiro atoms. The third-order valence-corrected chi connectivity index (χ3v) is 3.76. The summed E-state index contributed by atoms with van der Waals surface area (Å²) < 4.78 is 11.7. The van der Waals surface area contributed by atoms with E-state index in [0.717, 1.165) is 11.3 Å². The van der Waals surface area contributed by atoms with Crippen LogP contribution in [0.25, 0.3) is 5.69 Å². The van der Waals surface area contributed by atoms with Crippen LogP contribution in [-0.2, 0) is 26.1 Å². The molecule has 0 aliphatic rings.